The van der Waals surface area contributed by atoms with Crippen molar-refractivity contribution in [2.75, 3.05) is 6.54 Å². The number of hydrogen-bond acceptors (Lipinski definition) is 4. The number of aliphatic hydroxyl groups excluding tert-OH is 1. The van der Waals surface area contributed by atoms with Crippen molar-refractivity contribution in [3.63, 3.8) is 0 Å². The van der Waals surface area contributed by atoms with Crippen LogP contribution in [0.1, 0.15) is 38.4 Å². The third kappa shape index (κ3) is 4.58. The van der Waals surface area contributed by atoms with Crippen LogP contribution in [0.25, 0.3) is 0 Å². The van der Waals surface area contributed by atoms with Crippen LogP contribution in [0.15, 0.2) is 12.3 Å². The highest BCUT2D eigenvalue weighted by Gasteiger charge is 2.35. The average molecular weight is 263 g/mol. The number of alkyl halides is 3. The number of rotatable bonds is 3. The van der Waals surface area contributed by atoms with Crippen LogP contribution in [-0.2, 0) is 6.18 Å². The minimum Gasteiger partial charge on any atom is -0.385 e. The first kappa shape index (κ1) is 14.8. The van der Waals surface area contributed by atoms with Gasteiger partial charge in [-0.25, -0.2) is 9.97 Å². The first-order valence-corrected chi connectivity index (χ1v) is 5.43. The summed E-state index contributed by atoms with van der Waals surface area (Å²) in [5.41, 5.74) is -0.282. The molecule has 0 aliphatic heterocycles. The number of aromatic nitrogens is 2. The van der Waals surface area contributed by atoms with Crippen LogP contribution < -0.4 is 5.32 Å². The molecule has 0 aromatic carbocycles. The van der Waals surface area contributed by atoms with Crippen molar-refractivity contribution < 1.29 is 18.3 Å². The van der Waals surface area contributed by atoms with Gasteiger partial charge >= 0.3 is 6.18 Å². The van der Waals surface area contributed by atoms with Gasteiger partial charge in [0.1, 0.15) is 6.10 Å². The summed E-state index contributed by atoms with van der Waals surface area (Å²) in [5, 5.41) is 12.7. The second-order valence-corrected chi connectivity index (χ2v) is 4.95. The average Bonchev–Trinajstić information content (AvgIpc) is 2.24. The summed E-state index contributed by atoms with van der Waals surface area (Å²) in [5.74, 6) is -1.24. The zero-order valence-corrected chi connectivity index (χ0v) is 10.4. The van der Waals surface area contributed by atoms with E-state index in [0.29, 0.717) is 0 Å². The minimum absolute atomic E-state index is 0.0472. The number of halogens is 3. The van der Waals surface area contributed by atoms with Gasteiger partial charge in [-0.05, 0) is 26.8 Å². The monoisotopic (exact) mass is 263 g/mol. The first-order valence-electron chi connectivity index (χ1n) is 5.43. The maximum Gasteiger partial charge on any atom is 0.451 e. The standard InChI is InChI=1S/C11H16F3N3O/c1-10(2,3)16-6-8(18)7-4-5-15-9(17-7)11(12,13)14/h4-5,8,16,18H,6H2,1-3H3/t8-/m0/s1. The predicted octanol–water partition coefficient (Wildman–Crippen LogP) is 1.92. The van der Waals surface area contributed by atoms with E-state index in [1.54, 1.807) is 0 Å². The zero-order valence-electron chi connectivity index (χ0n) is 10.4. The molecule has 0 spiro atoms. The maximum absolute atomic E-state index is 12.4. The molecular formula is C11H16F3N3O. The number of aliphatic hydroxyl groups is 1. The normalized spacial score (nSPS) is 14.6. The molecule has 2 N–H and O–H groups in total. The fraction of sp³-hybridized carbons (Fsp3) is 0.636. The van der Waals surface area contributed by atoms with Crippen molar-refractivity contribution in [1.82, 2.24) is 15.3 Å². The lowest BCUT2D eigenvalue weighted by Crippen LogP contribution is -2.38. The van der Waals surface area contributed by atoms with Crippen molar-refractivity contribution in [3.8, 4) is 0 Å². The molecule has 1 aromatic heterocycles. The Kier molecular flexibility index (Phi) is 4.28. The smallest absolute Gasteiger partial charge is 0.385 e. The molecule has 0 saturated heterocycles. The highest BCUT2D eigenvalue weighted by atomic mass is 19.4. The molecule has 1 rings (SSSR count). The Balaban J connectivity index is 2.78. The summed E-state index contributed by atoms with van der Waals surface area (Å²) >= 11 is 0. The number of hydrogen-bond donors (Lipinski definition) is 2. The topological polar surface area (TPSA) is 58.0 Å². The van der Waals surface area contributed by atoms with Gasteiger partial charge in [0.15, 0.2) is 0 Å². The van der Waals surface area contributed by atoms with E-state index in [4.69, 9.17) is 0 Å². The Hall–Kier alpha value is -1.21. The predicted molar refractivity (Wildman–Crippen MR) is 59.7 cm³/mol. The van der Waals surface area contributed by atoms with Crippen LogP contribution in [0.3, 0.4) is 0 Å². The highest BCUT2D eigenvalue weighted by molar-refractivity contribution is 5.07. The molecule has 0 fully saturated rings. The van der Waals surface area contributed by atoms with E-state index in [-0.39, 0.29) is 17.8 Å². The molecule has 1 atom stereocenters. The molecule has 0 amide bonds. The van der Waals surface area contributed by atoms with Gasteiger partial charge < -0.3 is 10.4 Å². The van der Waals surface area contributed by atoms with Crippen LogP contribution in [0.2, 0.25) is 0 Å². The molecule has 4 nitrogen and oxygen atoms in total. The van der Waals surface area contributed by atoms with Gasteiger partial charge in [-0.1, -0.05) is 0 Å². The van der Waals surface area contributed by atoms with E-state index < -0.39 is 18.1 Å². The lowest BCUT2D eigenvalue weighted by molar-refractivity contribution is -0.145. The van der Waals surface area contributed by atoms with Gasteiger partial charge in [-0.3, -0.25) is 0 Å². The summed E-state index contributed by atoms with van der Waals surface area (Å²) in [6, 6.07) is 1.27. The van der Waals surface area contributed by atoms with E-state index >= 15 is 0 Å². The van der Waals surface area contributed by atoms with Crippen LogP contribution in [0, 0.1) is 0 Å². The lowest BCUT2D eigenvalue weighted by atomic mass is 10.1. The van der Waals surface area contributed by atoms with Crippen molar-refractivity contribution in [2.24, 2.45) is 0 Å². The maximum atomic E-state index is 12.4. The molecule has 102 valence electrons. The summed E-state index contributed by atoms with van der Waals surface area (Å²) in [6.07, 6.45) is -4.72. The molecule has 7 heteroatoms. The fourth-order valence-corrected chi connectivity index (χ4v) is 1.20. The van der Waals surface area contributed by atoms with Crippen LogP contribution in [0.4, 0.5) is 13.2 Å². The summed E-state index contributed by atoms with van der Waals surface area (Å²) in [7, 11) is 0. The summed E-state index contributed by atoms with van der Waals surface area (Å²) < 4.78 is 37.2. The van der Waals surface area contributed by atoms with E-state index in [1.165, 1.54) is 6.07 Å². The number of nitrogens with zero attached hydrogens (tertiary/aromatic N) is 2. The second-order valence-electron chi connectivity index (χ2n) is 4.95. The van der Waals surface area contributed by atoms with Crippen molar-refractivity contribution in [3.05, 3.63) is 23.8 Å². The van der Waals surface area contributed by atoms with Gasteiger partial charge in [0.05, 0.1) is 5.69 Å². The van der Waals surface area contributed by atoms with Crippen LogP contribution in [0.5, 0.6) is 0 Å². The third-order valence-electron chi connectivity index (χ3n) is 2.10. The minimum atomic E-state index is -4.60. The number of nitrogens with one attached hydrogen (secondary N) is 1. The lowest BCUT2D eigenvalue weighted by Gasteiger charge is -2.22. The Morgan fingerprint density at radius 1 is 1.33 bits per heavy atom. The van der Waals surface area contributed by atoms with Gasteiger partial charge in [0.2, 0.25) is 5.82 Å². The van der Waals surface area contributed by atoms with Crippen molar-refractivity contribution in [2.45, 2.75) is 38.6 Å². The SMILES string of the molecule is CC(C)(C)NC[C@H](O)c1ccnc(C(F)(F)F)n1. The fourth-order valence-electron chi connectivity index (χ4n) is 1.20. The van der Waals surface area contributed by atoms with E-state index in [1.807, 2.05) is 20.8 Å². The molecule has 0 aliphatic rings. The van der Waals surface area contributed by atoms with Crippen LogP contribution in [-0.4, -0.2) is 27.2 Å². The molecule has 1 heterocycles. The second kappa shape index (κ2) is 5.19. The van der Waals surface area contributed by atoms with Gasteiger partial charge in [0.25, 0.3) is 0 Å². The Morgan fingerprint density at radius 2 is 1.94 bits per heavy atom. The third-order valence-corrected chi connectivity index (χ3v) is 2.10. The molecule has 18 heavy (non-hydrogen) atoms. The molecule has 1 aromatic rings. The molecule has 0 radical (unpaired) electrons. The van der Waals surface area contributed by atoms with E-state index in [9.17, 15) is 18.3 Å². The van der Waals surface area contributed by atoms with Gasteiger partial charge in [0, 0.05) is 18.3 Å². The number of β-amino-alcohol motifs (C(OH)–C–C–N with tert-alkyl or cyclic N) is 1. The van der Waals surface area contributed by atoms with E-state index in [2.05, 4.69) is 15.3 Å². The zero-order chi connectivity index (χ0) is 14.0. The van der Waals surface area contributed by atoms with Gasteiger partial charge in [-0.15, -0.1) is 0 Å². The molecule has 0 aliphatic carbocycles. The summed E-state index contributed by atoms with van der Waals surface area (Å²) in [4.78, 5) is 6.45. The molecule has 0 unspecified atom stereocenters. The quantitative estimate of drug-likeness (QED) is 0.874. The largest absolute Gasteiger partial charge is 0.451 e. The van der Waals surface area contributed by atoms with Gasteiger partial charge in [-0.2, -0.15) is 13.2 Å². The molecule has 0 bridgehead atoms. The Labute approximate surface area is 103 Å². The summed E-state index contributed by atoms with van der Waals surface area (Å²) in [6.45, 7) is 5.79. The van der Waals surface area contributed by atoms with Crippen LogP contribution >= 0.6 is 0 Å². The molecule has 0 saturated carbocycles. The Morgan fingerprint density at radius 3 is 2.44 bits per heavy atom. The highest BCUT2D eigenvalue weighted by Crippen LogP contribution is 2.26. The van der Waals surface area contributed by atoms with Crippen molar-refractivity contribution in [1.29, 1.82) is 0 Å². The van der Waals surface area contributed by atoms with Crippen molar-refractivity contribution >= 4 is 0 Å². The Bertz CT molecular complexity index is 401. The first-order chi connectivity index (χ1) is 8.09. The molecular weight excluding hydrogens is 247 g/mol. The van der Waals surface area contributed by atoms with E-state index in [0.717, 1.165) is 6.20 Å².